The van der Waals surface area contributed by atoms with Gasteiger partial charge in [-0.1, -0.05) is 6.92 Å². The molecule has 0 radical (unpaired) electrons. The molecule has 2 rings (SSSR count). The molecule has 0 aromatic carbocycles. The number of rotatable bonds is 2. The molecule has 2 unspecified atom stereocenters. The molecule has 0 aliphatic carbocycles. The van der Waals surface area contributed by atoms with Gasteiger partial charge in [0.05, 0.1) is 6.04 Å². The minimum Gasteiger partial charge on any atom is -0.317 e. The van der Waals surface area contributed by atoms with E-state index in [9.17, 15) is 0 Å². The molecule has 1 aliphatic rings. The van der Waals surface area contributed by atoms with E-state index in [0.29, 0.717) is 6.04 Å². The fourth-order valence-corrected chi connectivity index (χ4v) is 2.08. The number of nitrogens with zero attached hydrogens (tertiary/aromatic N) is 3. The Balaban J connectivity index is 2.13. The number of hydrogen-bond acceptors (Lipinski definition) is 3. The molecule has 1 N–H and O–H groups in total. The average molecular weight is 194 g/mol. The van der Waals surface area contributed by atoms with Crippen LogP contribution >= 0.6 is 0 Å². The van der Waals surface area contributed by atoms with Crippen molar-refractivity contribution in [2.45, 2.75) is 39.3 Å². The van der Waals surface area contributed by atoms with Gasteiger partial charge in [-0.2, -0.15) is 0 Å². The highest BCUT2D eigenvalue weighted by Crippen LogP contribution is 2.25. The molecule has 1 saturated heterocycles. The van der Waals surface area contributed by atoms with Crippen molar-refractivity contribution in [2.75, 3.05) is 6.54 Å². The first kappa shape index (κ1) is 9.65. The molecule has 2 atom stereocenters. The lowest BCUT2D eigenvalue weighted by Gasteiger charge is -2.27. The Kier molecular flexibility index (Phi) is 2.82. The van der Waals surface area contributed by atoms with Crippen LogP contribution in [0.25, 0.3) is 0 Å². The van der Waals surface area contributed by atoms with Gasteiger partial charge < -0.3 is 9.88 Å². The quantitative estimate of drug-likeness (QED) is 0.773. The number of piperidine rings is 1. The van der Waals surface area contributed by atoms with Crippen molar-refractivity contribution >= 4 is 0 Å². The third-order valence-corrected chi connectivity index (χ3v) is 2.96. The zero-order valence-electron chi connectivity index (χ0n) is 8.90. The summed E-state index contributed by atoms with van der Waals surface area (Å²) in [6.45, 7) is 6.48. The minimum absolute atomic E-state index is 0.404. The molecule has 1 aromatic heterocycles. The van der Waals surface area contributed by atoms with Crippen LogP contribution in [-0.4, -0.2) is 21.3 Å². The Morgan fingerprint density at radius 1 is 1.64 bits per heavy atom. The highest BCUT2D eigenvalue weighted by Gasteiger charge is 2.23. The Morgan fingerprint density at radius 2 is 2.50 bits per heavy atom. The van der Waals surface area contributed by atoms with Crippen LogP contribution in [0.5, 0.6) is 0 Å². The fourth-order valence-electron chi connectivity index (χ4n) is 2.08. The second-order valence-corrected chi connectivity index (χ2v) is 4.11. The van der Waals surface area contributed by atoms with Crippen molar-refractivity contribution in [3.8, 4) is 0 Å². The lowest BCUT2D eigenvalue weighted by atomic mass is 9.94. The van der Waals surface area contributed by atoms with Crippen molar-refractivity contribution in [3.63, 3.8) is 0 Å². The van der Waals surface area contributed by atoms with E-state index in [1.54, 1.807) is 0 Å². The zero-order chi connectivity index (χ0) is 9.97. The van der Waals surface area contributed by atoms with Gasteiger partial charge in [-0.3, -0.25) is 0 Å². The largest absolute Gasteiger partial charge is 0.317 e. The average Bonchev–Trinajstić information content (AvgIpc) is 2.65. The SMILES string of the molecule is CCn1cnnc1C1CC(C)CCN1. The van der Waals surface area contributed by atoms with Crippen molar-refractivity contribution < 1.29 is 0 Å². The molecular formula is C10H18N4. The van der Waals surface area contributed by atoms with Gasteiger partial charge in [-0.25, -0.2) is 0 Å². The van der Waals surface area contributed by atoms with Crippen LogP contribution < -0.4 is 5.32 Å². The maximum absolute atomic E-state index is 4.20. The fraction of sp³-hybridized carbons (Fsp3) is 0.800. The van der Waals surface area contributed by atoms with Crippen molar-refractivity contribution in [1.29, 1.82) is 0 Å². The summed E-state index contributed by atoms with van der Waals surface area (Å²) in [4.78, 5) is 0. The summed E-state index contributed by atoms with van der Waals surface area (Å²) in [7, 11) is 0. The third kappa shape index (κ3) is 1.80. The van der Waals surface area contributed by atoms with Crippen molar-refractivity contribution in [2.24, 2.45) is 5.92 Å². The van der Waals surface area contributed by atoms with Crippen molar-refractivity contribution in [1.82, 2.24) is 20.1 Å². The van der Waals surface area contributed by atoms with E-state index in [2.05, 4.69) is 33.9 Å². The standard InChI is InChI=1S/C10H18N4/c1-3-14-7-12-13-10(14)9-6-8(2)4-5-11-9/h7-9,11H,3-6H2,1-2H3. The molecule has 1 aliphatic heterocycles. The van der Waals surface area contributed by atoms with E-state index in [4.69, 9.17) is 0 Å². The van der Waals surface area contributed by atoms with Gasteiger partial charge in [-0.15, -0.1) is 10.2 Å². The summed E-state index contributed by atoms with van der Waals surface area (Å²) in [5.41, 5.74) is 0. The monoisotopic (exact) mass is 194 g/mol. The normalized spacial score (nSPS) is 27.9. The van der Waals surface area contributed by atoms with Crippen LogP contribution in [0.2, 0.25) is 0 Å². The molecular weight excluding hydrogens is 176 g/mol. The second-order valence-electron chi connectivity index (χ2n) is 4.11. The van der Waals surface area contributed by atoms with Gasteiger partial charge in [-0.05, 0) is 32.2 Å². The maximum atomic E-state index is 4.20. The van der Waals surface area contributed by atoms with Crippen LogP contribution in [-0.2, 0) is 6.54 Å². The molecule has 78 valence electrons. The highest BCUT2D eigenvalue weighted by molar-refractivity contribution is 4.97. The molecule has 1 aromatic rings. The zero-order valence-corrected chi connectivity index (χ0v) is 8.90. The molecule has 14 heavy (non-hydrogen) atoms. The Hall–Kier alpha value is -0.900. The second kappa shape index (κ2) is 4.09. The first-order valence-corrected chi connectivity index (χ1v) is 5.42. The van der Waals surface area contributed by atoms with E-state index in [-0.39, 0.29) is 0 Å². The summed E-state index contributed by atoms with van der Waals surface area (Å²) in [5, 5.41) is 11.7. The molecule has 4 nitrogen and oxygen atoms in total. The molecule has 1 fully saturated rings. The molecule has 0 amide bonds. The molecule has 0 saturated carbocycles. The predicted molar refractivity (Wildman–Crippen MR) is 54.8 cm³/mol. The third-order valence-electron chi connectivity index (χ3n) is 2.96. The minimum atomic E-state index is 0.404. The Morgan fingerprint density at radius 3 is 3.21 bits per heavy atom. The van der Waals surface area contributed by atoms with Crippen molar-refractivity contribution in [3.05, 3.63) is 12.2 Å². The first-order valence-electron chi connectivity index (χ1n) is 5.42. The predicted octanol–water partition coefficient (Wildman–Crippen LogP) is 1.36. The highest BCUT2D eigenvalue weighted by atomic mass is 15.3. The van der Waals surface area contributed by atoms with E-state index >= 15 is 0 Å². The maximum Gasteiger partial charge on any atom is 0.149 e. The molecule has 2 heterocycles. The van der Waals surface area contributed by atoms with E-state index in [0.717, 1.165) is 24.8 Å². The number of aryl methyl sites for hydroxylation is 1. The smallest absolute Gasteiger partial charge is 0.149 e. The van der Waals surface area contributed by atoms with E-state index < -0.39 is 0 Å². The van der Waals surface area contributed by atoms with Crippen LogP contribution in [0, 0.1) is 5.92 Å². The first-order chi connectivity index (χ1) is 6.81. The van der Waals surface area contributed by atoms with E-state index in [1.165, 1.54) is 12.8 Å². The number of nitrogens with one attached hydrogen (secondary N) is 1. The topological polar surface area (TPSA) is 42.7 Å². The lowest BCUT2D eigenvalue weighted by molar-refractivity contribution is 0.309. The summed E-state index contributed by atoms with van der Waals surface area (Å²) in [6, 6.07) is 0.404. The summed E-state index contributed by atoms with van der Waals surface area (Å²) in [5.74, 6) is 1.89. The van der Waals surface area contributed by atoms with Gasteiger partial charge >= 0.3 is 0 Å². The van der Waals surface area contributed by atoms with Gasteiger partial charge in [0.25, 0.3) is 0 Å². The number of aromatic nitrogens is 3. The molecule has 0 bridgehead atoms. The summed E-state index contributed by atoms with van der Waals surface area (Å²) >= 11 is 0. The van der Waals surface area contributed by atoms with Gasteiger partial charge in [0, 0.05) is 6.54 Å². The van der Waals surface area contributed by atoms with Crippen LogP contribution in [0.15, 0.2) is 6.33 Å². The van der Waals surface area contributed by atoms with Crippen LogP contribution in [0.4, 0.5) is 0 Å². The lowest BCUT2D eigenvalue weighted by Crippen LogP contribution is -2.32. The van der Waals surface area contributed by atoms with Gasteiger partial charge in [0.1, 0.15) is 12.2 Å². The Bertz CT molecular complexity index is 294. The van der Waals surface area contributed by atoms with E-state index in [1.807, 2.05) is 6.33 Å². The summed E-state index contributed by atoms with van der Waals surface area (Å²) < 4.78 is 2.12. The van der Waals surface area contributed by atoms with Crippen LogP contribution in [0.1, 0.15) is 38.6 Å². The molecule has 4 heteroatoms. The van der Waals surface area contributed by atoms with Gasteiger partial charge in [0.15, 0.2) is 0 Å². The summed E-state index contributed by atoms with van der Waals surface area (Å²) in [6.07, 6.45) is 4.27. The van der Waals surface area contributed by atoms with Gasteiger partial charge in [0.2, 0.25) is 0 Å². The number of hydrogen-bond donors (Lipinski definition) is 1. The van der Waals surface area contributed by atoms with Crippen LogP contribution in [0.3, 0.4) is 0 Å². The Labute approximate surface area is 84.7 Å². The molecule has 0 spiro atoms.